The normalized spacial score (nSPS) is 17.7. The maximum atomic E-state index is 12.8. The molecule has 33 heavy (non-hydrogen) atoms. The number of carbonyl (C=O) groups is 2. The van der Waals surface area contributed by atoms with Crippen LogP contribution in [0, 0.1) is 0 Å². The Hall–Kier alpha value is -3.39. The van der Waals surface area contributed by atoms with Crippen LogP contribution in [0.25, 0.3) is 0 Å². The first kappa shape index (κ1) is 22.8. The summed E-state index contributed by atoms with van der Waals surface area (Å²) < 4.78 is 10.9. The van der Waals surface area contributed by atoms with Gasteiger partial charge in [0.1, 0.15) is 28.8 Å². The molecule has 7 nitrogen and oxygen atoms in total. The van der Waals surface area contributed by atoms with Crippen LogP contribution >= 0.6 is 11.3 Å². The van der Waals surface area contributed by atoms with Crippen molar-refractivity contribution >= 4 is 23.2 Å². The number of ether oxygens (including phenoxy) is 2. The van der Waals surface area contributed by atoms with Crippen LogP contribution in [0.2, 0.25) is 0 Å². The Kier molecular flexibility index (Phi) is 7.57. The molecule has 1 aliphatic carbocycles. The fraction of sp³-hybridized carbons (Fsp3) is 0.320. The molecule has 1 heterocycles. The van der Waals surface area contributed by atoms with Crippen LogP contribution in [-0.4, -0.2) is 36.0 Å². The minimum absolute atomic E-state index is 0.138. The third-order valence-electron chi connectivity index (χ3n) is 5.62. The summed E-state index contributed by atoms with van der Waals surface area (Å²) in [6.07, 6.45) is 3.63. The van der Waals surface area contributed by atoms with Gasteiger partial charge in [0.25, 0.3) is 11.8 Å². The van der Waals surface area contributed by atoms with Crippen molar-refractivity contribution in [2.45, 2.75) is 44.4 Å². The van der Waals surface area contributed by atoms with Crippen molar-refractivity contribution in [2.75, 3.05) is 7.11 Å². The summed E-state index contributed by atoms with van der Waals surface area (Å²) in [5.41, 5.74) is 0.905. The molecule has 0 spiro atoms. The second-order valence-electron chi connectivity index (χ2n) is 7.90. The lowest BCUT2D eigenvalue weighted by Crippen LogP contribution is -2.53. The molecule has 1 fully saturated rings. The zero-order valence-corrected chi connectivity index (χ0v) is 19.3. The molecule has 0 saturated heterocycles. The second-order valence-corrected chi connectivity index (χ2v) is 8.85. The Morgan fingerprint density at radius 2 is 1.67 bits per heavy atom. The number of amides is 2. The van der Waals surface area contributed by atoms with Crippen molar-refractivity contribution in [3.05, 3.63) is 76.2 Å². The van der Waals surface area contributed by atoms with Crippen LogP contribution < -0.4 is 20.1 Å². The third kappa shape index (κ3) is 6.10. The zero-order chi connectivity index (χ0) is 23.0. The molecular weight excluding hydrogens is 438 g/mol. The Labute approximate surface area is 197 Å². The molecule has 0 bridgehead atoms. The first-order chi connectivity index (χ1) is 16.1. The summed E-state index contributed by atoms with van der Waals surface area (Å²) in [5, 5.41) is 8.64. The number of hydrogen-bond donors (Lipinski definition) is 2. The van der Waals surface area contributed by atoms with Crippen LogP contribution in [0.1, 0.15) is 51.5 Å². The highest BCUT2D eigenvalue weighted by Gasteiger charge is 2.29. The number of carbonyl (C=O) groups excluding carboxylic acids is 2. The molecule has 2 N–H and O–H groups in total. The number of aromatic nitrogens is 1. The Morgan fingerprint density at radius 3 is 2.39 bits per heavy atom. The van der Waals surface area contributed by atoms with Crippen molar-refractivity contribution in [2.24, 2.45) is 0 Å². The maximum Gasteiger partial charge on any atom is 0.271 e. The highest BCUT2D eigenvalue weighted by Crippen LogP contribution is 2.21. The van der Waals surface area contributed by atoms with Gasteiger partial charge < -0.3 is 20.1 Å². The molecule has 1 aromatic heterocycles. The standard InChI is InChI=1S/C25H27N3O4S/c1-31-19-11-7-8-17(14-19)24(29)27-20-12-5-6-13-21(20)28-25(30)22-16-33-23(26-22)15-32-18-9-3-2-4-10-18/h2-4,7-11,14,16,20-21H,5-6,12-13,15H2,1H3,(H,27,29)(H,28,30)/t20-,21-/m0/s1. The van der Waals surface area contributed by atoms with Crippen molar-refractivity contribution in [3.63, 3.8) is 0 Å². The molecule has 0 unspecified atom stereocenters. The van der Waals surface area contributed by atoms with E-state index in [1.54, 1.807) is 36.8 Å². The molecule has 172 valence electrons. The van der Waals surface area contributed by atoms with Gasteiger partial charge in [-0.2, -0.15) is 0 Å². The van der Waals surface area contributed by atoms with Crippen LogP contribution in [0.5, 0.6) is 11.5 Å². The van der Waals surface area contributed by atoms with Gasteiger partial charge in [-0.3, -0.25) is 9.59 Å². The van der Waals surface area contributed by atoms with E-state index in [-0.39, 0.29) is 23.9 Å². The SMILES string of the molecule is COc1cccc(C(=O)N[C@H]2CCCC[C@@H]2NC(=O)c2csc(COc3ccccc3)n2)c1. The van der Waals surface area contributed by atoms with Crippen molar-refractivity contribution in [1.29, 1.82) is 0 Å². The predicted molar refractivity (Wildman–Crippen MR) is 127 cm³/mol. The molecule has 1 saturated carbocycles. The summed E-state index contributed by atoms with van der Waals surface area (Å²) in [4.78, 5) is 30.0. The Balaban J connectivity index is 1.35. The number of nitrogens with one attached hydrogen (secondary N) is 2. The van der Waals surface area contributed by atoms with Gasteiger partial charge in [0.15, 0.2) is 0 Å². The van der Waals surface area contributed by atoms with E-state index in [1.165, 1.54) is 11.3 Å². The molecule has 1 aliphatic rings. The molecule has 0 aliphatic heterocycles. The summed E-state index contributed by atoms with van der Waals surface area (Å²) in [5.74, 6) is 0.987. The minimum atomic E-state index is -0.232. The van der Waals surface area contributed by atoms with Crippen LogP contribution in [0.4, 0.5) is 0 Å². The number of methoxy groups -OCH3 is 1. The van der Waals surface area contributed by atoms with Gasteiger partial charge in [0, 0.05) is 23.0 Å². The summed E-state index contributed by atoms with van der Waals surface area (Å²) in [7, 11) is 1.57. The number of thiazole rings is 1. The summed E-state index contributed by atoms with van der Waals surface area (Å²) in [6, 6.07) is 16.3. The van der Waals surface area contributed by atoms with E-state index in [0.717, 1.165) is 36.4 Å². The molecule has 0 radical (unpaired) electrons. The lowest BCUT2D eigenvalue weighted by Gasteiger charge is -2.32. The molecule has 2 amide bonds. The van der Waals surface area contributed by atoms with Gasteiger partial charge in [-0.25, -0.2) is 4.98 Å². The fourth-order valence-electron chi connectivity index (χ4n) is 3.88. The van der Waals surface area contributed by atoms with E-state index in [9.17, 15) is 9.59 Å². The van der Waals surface area contributed by atoms with Crippen molar-refractivity contribution < 1.29 is 19.1 Å². The number of para-hydroxylation sites is 1. The lowest BCUT2D eigenvalue weighted by atomic mass is 9.90. The Bertz CT molecular complexity index is 1090. The summed E-state index contributed by atoms with van der Waals surface area (Å²) in [6.45, 7) is 0.310. The first-order valence-electron chi connectivity index (χ1n) is 11.0. The fourth-order valence-corrected chi connectivity index (χ4v) is 4.56. The van der Waals surface area contributed by atoms with Crippen LogP contribution in [0.15, 0.2) is 60.0 Å². The van der Waals surface area contributed by atoms with Crippen LogP contribution in [-0.2, 0) is 6.61 Å². The average molecular weight is 466 g/mol. The quantitative estimate of drug-likeness (QED) is 0.520. The third-order valence-corrected chi connectivity index (χ3v) is 6.44. The molecule has 3 aromatic rings. The van der Waals surface area contributed by atoms with Crippen molar-refractivity contribution in [1.82, 2.24) is 15.6 Å². The number of hydrogen-bond acceptors (Lipinski definition) is 6. The molecule has 2 aromatic carbocycles. The predicted octanol–water partition coefficient (Wildman–Crippen LogP) is 4.20. The highest BCUT2D eigenvalue weighted by atomic mass is 32.1. The zero-order valence-electron chi connectivity index (χ0n) is 18.5. The van der Waals surface area contributed by atoms with E-state index in [2.05, 4.69) is 15.6 Å². The van der Waals surface area contributed by atoms with Gasteiger partial charge in [0.05, 0.1) is 7.11 Å². The van der Waals surface area contributed by atoms with E-state index < -0.39 is 0 Å². The molecule has 8 heteroatoms. The topological polar surface area (TPSA) is 89.6 Å². The van der Waals surface area contributed by atoms with Gasteiger partial charge in [0.2, 0.25) is 0 Å². The first-order valence-corrected chi connectivity index (χ1v) is 11.9. The monoisotopic (exact) mass is 465 g/mol. The average Bonchev–Trinajstić information content (AvgIpc) is 3.34. The molecule has 2 atom stereocenters. The Morgan fingerprint density at radius 1 is 0.970 bits per heavy atom. The summed E-state index contributed by atoms with van der Waals surface area (Å²) >= 11 is 1.39. The smallest absolute Gasteiger partial charge is 0.271 e. The maximum absolute atomic E-state index is 12.8. The van der Waals surface area contributed by atoms with E-state index in [1.807, 2.05) is 30.3 Å². The van der Waals surface area contributed by atoms with E-state index in [4.69, 9.17) is 9.47 Å². The van der Waals surface area contributed by atoms with Gasteiger partial charge in [-0.15, -0.1) is 11.3 Å². The second kappa shape index (κ2) is 11.0. The largest absolute Gasteiger partial charge is 0.497 e. The minimum Gasteiger partial charge on any atom is -0.497 e. The van der Waals surface area contributed by atoms with E-state index >= 15 is 0 Å². The lowest BCUT2D eigenvalue weighted by molar-refractivity contribution is 0.0860. The van der Waals surface area contributed by atoms with Crippen LogP contribution in [0.3, 0.4) is 0 Å². The molecule has 4 rings (SSSR count). The van der Waals surface area contributed by atoms with Gasteiger partial charge in [-0.1, -0.05) is 37.1 Å². The highest BCUT2D eigenvalue weighted by molar-refractivity contribution is 7.09. The van der Waals surface area contributed by atoms with Crippen molar-refractivity contribution in [3.8, 4) is 11.5 Å². The van der Waals surface area contributed by atoms with Gasteiger partial charge in [-0.05, 0) is 43.2 Å². The van der Waals surface area contributed by atoms with E-state index in [0.29, 0.717) is 23.6 Å². The van der Waals surface area contributed by atoms with Gasteiger partial charge >= 0.3 is 0 Å². The molecular formula is C25H27N3O4S. The number of benzene rings is 2. The number of nitrogens with zero attached hydrogens (tertiary/aromatic N) is 1. The number of rotatable bonds is 8.